The number of thiazole rings is 1. The molecule has 24 heavy (non-hydrogen) atoms. The lowest BCUT2D eigenvalue weighted by atomic mass is 10.2. The SMILES string of the molecule is CN(Cc1nc2ccccc2s1)c1ccc([N+](=O)[O-])cc1[N+](=O)[O-]. The Morgan fingerprint density at radius 1 is 1.12 bits per heavy atom. The first-order valence-corrected chi connectivity index (χ1v) is 7.76. The Kier molecular flexibility index (Phi) is 4.09. The van der Waals surface area contributed by atoms with Crippen LogP contribution in [0.25, 0.3) is 10.2 Å². The minimum absolute atomic E-state index is 0.298. The van der Waals surface area contributed by atoms with Crippen LogP contribution in [-0.4, -0.2) is 21.9 Å². The second-order valence-electron chi connectivity index (χ2n) is 5.12. The molecule has 0 fully saturated rings. The molecule has 0 saturated heterocycles. The summed E-state index contributed by atoms with van der Waals surface area (Å²) in [5, 5.41) is 22.9. The van der Waals surface area contributed by atoms with E-state index in [1.54, 1.807) is 11.9 Å². The second kappa shape index (κ2) is 6.20. The summed E-state index contributed by atoms with van der Waals surface area (Å²) in [4.78, 5) is 26.9. The van der Waals surface area contributed by atoms with Crippen molar-refractivity contribution in [1.29, 1.82) is 0 Å². The fourth-order valence-corrected chi connectivity index (χ4v) is 3.39. The number of anilines is 1. The van der Waals surface area contributed by atoms with Crippen LogP contribution in [0, 0.1) is 20.2 Å². The molecule has 9 heteroatoms. The van der Waals surface area contributed by atoms with Crippen LogP contribution in [0.4, 0.5) is 17.1 Å². The van der Waals surface area contributed by atoms with Crippen molar-refractivity contribution in [3.05, 3.63) is 67.7 Å². The van der Waals surface area contributed by atoms with Gasteiger partial charge in [0.25, 0.3) is 11.4 Å². The van der Waals surface area contributed by atoms with Gasteiger partial charge in [0.05, 0.1) is 32.7 Å². The smallest absolute Gasteiger partial charge is 0.299 e. The average molecular weight is 344 g/mol. The van der Waals surface area contributed by atoms with Gasteiger partial charge in [0, 0.05) is 13.1 Å². The molecule has 0 aliphatic carbocycles. The predicted molar refractivity (Wildman–Crippen MR) is 91.5 cm³/mol. The summed E-state index contributed by atoms with van der Waals surface area (Å²) in [5.41, 5.74) is 0.584. The number of rotatable bonds is 5. The first-order chi connectivity index (χ1) is 11.5. The molecule has 0 atom stereocenters. The van der Waals surface area contributed by atoms with Crippen molar-refractivity contribution >= 4 is 38.6 Å². The van der Waals surface area contributed by atoms with Crippen molar-refractivity contribution in [2.75, 3.05) is 11.9 Å². The van der Waals surface area contributed by atoms with Gasteiger partial charge in [0.15, 0.2) is 0 Å². The number of aromatic nitrogens is 1. The fraction of sp³-hybridized carbons (Fsp3) is 0.133. The van der Waals surface area contributed by atoms with Crippen molar-refractivity contribution in [1.82, 2.24) is 4.98 Å². The van der Waals surface area contributed by atoms with Crippen molar-refractivity contribution in [2.24, 2.45) is 0 Å². The number of non-ortho nitro benzene ring substituents is 1. The monoisotopic (exact) mass is 344 g/mol. The topological polar surface area (TPSA) is 102 Å². The van der Waals surface area contributed by atoms with Gasteiger partial charge in [-0.2, -0.15) is 0 Å². The quantitative estimate of drug-likeness (QED) is 0.516. The highest BCUT2D eigenvalue weighted by Gasteiger charge is 2.22. The van der Waals surface area contributed by atoms with Gasteiger partial charge in [0.1, 0.15) is 10.7 Å². The molecule has 3 rings (SSSR count). The average Bonchev–Trinajstić information content (AvgIpc) is 2.96. The molecule has 0 aliphatic rings. The molecular formula is C15H12N4O4S. The number of benzene rings is 2. The van der Waals surface area contributed by atoms with Gasteiger partial charge in [-0.05, 0) is 18.2 Å². The highest BCUT2D eigenvalue weighted by atomic mass is 32.1. The number of para-hydroxylation sites is 1. The normalized spacial score (nSPS) is 10.7. The van der Waals surface area contributed by atoms with Crippen LogP contribution in [0.15, 0.2) is 42.5 Å². The van der Waals surface area contributed by atoms with Gasteiger partial charge in [-0.3, -0.25) is 20.2 Å². The molecule has 0 unspecified atom stereocenters. The number of nitro groups is 2. The Labute approximate surface area is 140 Å². The molecule has 0 bridgehead atoms. The molecule has 1 heterocycles. The largest absolute Gasteiger partial charge is 0.362 e. The van der Waals surface area contributed by atoms with E-state index in [4.69, 9.17) is 0 Å². The summed E-state index contributed by atoms with van der Waals surface area (Å²) in [6.07, 6.45) is 0. The summed E-state index contributed by atoms with van der Waals surface area (Å²) < 4.78 is 1.04. The maximum atomic E-state index is 11.2. The van der Waals surface area contributed by atoms with Gasteiger partial charge >= 0.3 is 0 Å². The lowest BCUT2D eigenvalue weighted by Crippen LogP contribution is -2.17. The zero-order valence-electron chi connectivity index (χ0n) is 12.6. The third kappa shape index (κ3) is 3.01. The lowest BCUT2D eigenvalue weighted by molar-refractivity contribution is -0.393. The highest BCUT2D eigenvalue weighted by molar-refractivity contribution is 7.18. The van der Waals surface area contributed by atoms with E-state index in [9.17, 15) is 20.2 Å². The van der Waals surface area contributed by atoms with E-state index >= 15 is 0 Å². The van der Waals surface area contributed by atoms with E-state index in [0.29, 0.717) is 12.2 Å². The number of hydrogen-bond donors (Lipinski definition) is 0. The number of fused-ring (bicyclic) bond motifs is 1. The van der Waals surface area contributed by atoms with Gasteiger partial charge in [0.2, 0.25) is 0 Å². The third-order valence-electron chi connectivity index (χ3n) is 3.49. The van der Waals surface area contributed by atoms with Crippen LogP contribution >= 0.6 is 11.3 Å². The fourth-order valence-electron chi connectivity index (χ4n) is 2.37. The summed E-state index contributed by atoms with van der Waals surface area (Å²) >= 11 is 1.51. The van der Waals surface area contributed by atoms with E-state index in [-0.39, 0.29) is 11.4 Å². The molecule has 0 spiro atoms. The third-order valence-corrected chi connectivity index (χ3v) is 4.51. The van der Waals surface area contributed by atoms with Crippen molar-refractivity contribution < 1.29 is 9.85 Å². The van der Waals surface area contributed by atoms with Crippen LogP contribution < -0.4 is 4.90 Å². The minimum atomic E-state index is -0.648. The molecule has 1 aromatic heterocycles. The van der Waals surface area contributed by atoms with E-state index in [1.165, 1.54) is 23.5 Å². The van der Waals surface area contributed by atoms with Gasteiger partial charge < -0.3 is 4.90 Å². The van der Waals surface area contributed by atoms with Crippen LogP contribution in [0.5, 0.6) is 0 Å². The summed E-state index contributed by atoms with van der Waals surface area (Å²) in [5.74, 6) is 0. The van der Waals surface area contributed by atoms with Gasteiger partial charge in [-0.25, -0.2) is 4.98 Å². The first-order valence-electron chi connectivity index (χ1n) is 6.94. The Hall–Kier alpha value is -3.07. The molecule has 0 amide bonds. The van der Waals surface area contributed by atoms with Crippen LogP contribution in [-0.2, 0) is 6.54 Å². The van der Waals surface area contributed by atoms with Crippen molar-refractivity contribution in [3.8, 4) is 0 Å². The van der Waals surface area contributed by atoms with Crippen LogP contribution in [0.2, 0.25) is 0 Å². The Morgan fingerprint density at radius 2 is 1.88 bits per heavy atom. The maximum Gasteiger partial charge on any atom is 0.299 e. The molecule has 2 aromatic carbocycles. The zero-order valence-corrected chi connectivity index (χ0v) is 13.4. The molecule has 8 nitrogen and oxygen atoms in total. The number of nitrogens with zero attached hydrogens (tertiary/aromatic N) is 4. The summed E-state index contributed by atoms with van der Waals surface area (Å²) in [6.45, 7) is 0.373. The molecule has 0 radical (unpaired) electrons. The second-order valence-corrected chi connectivity index (χ2v) is 6.23. The van der Waals surface area contributed by atoms with E-state index in [2.05, 4.69) is 4.98 Å². The molecule has 122 valence electrons. The zero-order chi connectivity index (χ0) is 17.3. The molecule has 0 N–H and O–H groups in total. The van der Waals surface area contributed by atoms with Crippen LogP contribution in [0.3, 0.4) is 0 Å². The highest BCUT2D eigenvalue weighted by Crippen LogP contribution is 2.33. The van der Waals surface area contributed by atoms with Gasteiger partial charge in [-0.15, -0.1) is 11.3 Å². The predicted octanol–water partition coefficient (Wildman–Crippen LogP) is 3.75. The summed E-state index contributed by atoms with van der Waals surface area (Å²) in [7, 11) is 1.69. The standard InChI is InChI=1S/C15H12N4O4S/c1-17(9-15-16-11-4-2-3-5-14(11)24-15)12-7-6-10(18(20)21)8-13(12)19(22)23/h2-8H,9H2,1H3. The Bertz CT molecular complexity index is 907. The number of hydrogen-bond acceptors (Lipinski definition) is 7. The van der Waals surface area contributed by atoms with E-state index in [0.717, 1.165) is 21.3 Å². The summed E-state index contributed by atoms with van der Waals surface area (Å²) in [6, 6.07) is 11.3. The van der Waals surface area contributed by atoms with E-state index in [1.807, 2.05) is 24.3 Å². The van der Waals surface area contributed by atoms with Crippen molar-refractivity contribution in [3.63, 3.8) is 0 Å². The molecule has 3 aromatic rings. The number of nitro benzene ring substituents is 2. The minimum Gasteiger partial charge on any atom is -0.362 e. The molecule has 0 saturated carbocycles. The maximum absolute atomic E-state index is 11.2. The van der Waals surface area contributed by atoms with Crippen molar-refractivity contribution in [2.45, 2.75) is 6.54 Å². The van der Waals surface area contributed by atoms with Gasteiger partial charge in [-0.1, -0.05) is 12.1 Å². The van der Waals surface area contributed by atoms with E-state index < -0.39 is 9.85 Å². The first kappa shape index (κ1) is 15.8. The van der Waals surface area contributed by atoms with Crippen LogP contribution in [0.1, 0.15) is 5.01 Å². The Balaban J connectivity index is 1.92. The Morgan fingerprint density at radius 3 is 2.54 bits per heavy atom. The molecule has 0 aliphatic heterocycles. The molecular weight excluding hydrogens is 332 g/mol. The lowest BCUT2D eigenvalue weighted by Gasteiger charge is -2.17.